The SMILES string of the molecule is C[n+]1cnc2ncccc2c1/C=C/C(N)=O. The summed E-state index contributed by atoms with van der Waals surface area (Å²) in [5.41, 5.74) is 6.56. The van der Waals surface area contributed by atoms with Gasteiger partial charge in [-0.05, 0) is 23.2 Å². The lowest BCUT2D eigenvalue weighted by atomic mass is 10.2. The predicted molar refractivity (Wildman–Crippen MR) is 58.9 cm³/mol. The second-order valence-corrected chi connectivity index (χ2v) is 3.35. The van der Waals surface area contributed by atoms with Crippen molar-refractivity contribution in [3.8, 4) is 0 Å². The highest BCUT2D eigenvalue weighted by Crippen LogP contribution is 2.11. The first-order valence-corrected chi connectivity index (χ1v) is 4.75. The number of hydrogen-bond acceptors (Lipinski definition) is 3. The van der Waals surface area contributed by atoms with E-state index in [1.165, 1.54) is 6.08 Å². The van der Waals surface area contributed by atoms with Crippen LogP contribution in [0.2, 0.25) is 0 Å². The highest BCUT2D eigenvalue weighted by molar-refractivity contribution is 5.92. The lowest BCUT2D eigenvalue weighted by Gasteiger charge is -1.98. The Morgan fingerprint density at radius 3 is 3.06 bits per heavy atom. The van der Waals surface area contributed by atoms with E-state index in [0.717, 1.165) is 11.1 Å². The Hall–Kier alpha value is -2.30. The smallest absolute Gasteiger partial charge is 0.289 e. The number of amides is 1. The number of rotatable bonds is 2. The third-order valence-corrected chi connectivity index (χ3v) is 2.20. The van der Waals surface area contributed by atoms with Gasteiger partial charge in [0.2, 0.25) is 5.91 Å². The normalized spacial score (nSPS) is 11.1. The molecule has 0 unspecified atom stereocenters. The third-order valence-electron chi connectivity index (χ3n) is 2.20. The molecule has 0 aliphatic rings. The first-order chi connectivity index (χ1) is 7.68. The monoisotopic (exact) mass is 215 g/mol. The van der Waals surface area contributed by atoms with E-state index in [1.807, 2.05) is 23.7 Å². The molecule has 5 nitrogen and oxygen atoms in total. The number of pyridine rings is 1. The van der Waals surface area contributed by atoms with E-state index in [0.29, 0.717) is 5.65 Å². The van der Waals surface area contributed by atoms with Crippen molar-refractivity contribution >= 4 is 23.0 Å². The summed E-state index contributed by atoms with van der Waals surface area (Å²) >= 11 is 0. The quantitative estimate of drug-likeness (QED) is 0.564. The molecule has 0 aromatic carbocycles. The lowest BCUT2D eigenvalue weighted by molar-refractivity contribution is -0.674. The molecule has 2 heterocycles. The molecule has 0 aliphatic heterocycles. The number of nitrogens with two attached hydrogens (primary N) is 1. The fourth-order valence-electron chi connectivity index (χ4n) is 1.46. The van der Waals surface area contributed by atoms with Crippen LogP contribution in [-0.4, -0.2) is 15.9 Å². The zero-order valence-electron chi connectivity index (χ0n) is 8.79. The largest absolute Gasteiger partial charge is 0.366 e. The average molecular weight is 215 g/mol. The number of carbonyl (C=O) groups excluding carboxylic acids is 1. The van der Waals surface area contributed by atoms with Gasteiger partial charge in [0.05, 0.1) is 12.4 Å². The summed E-state index contributed by atoms with van der Waals surface area (Å²) in [5.74, 6) is -0.478. The van der Waals surface area contributed by atoms with Crippen molar-refractivity contribution < 1.29 is 9.36 Å². The summed E-state index contributed by atoms with van der Waals surface area (Å²) in [4.78, 5) is 19.0. The van der Waals surface area contributed by atoms with Crippen LogP contribution in [-0.2, 0) is 11.8 Å². The van der Waals surface area contributed by atoms with Gasteiger partial charge in [-0.2, -0.15) is 0 Å². The van der Waals surface area contributed by atoms with Crippen molar-refractivity contribution in [2.24, 2.45) is 12.8 Å². The minimum atomic E-state index is -0.478. The number of aromatic nitrogens is 3. The summed E-state index contributed by atoms with van der Waals surface area (Å²) in [6.07, 6.45) is 6.31. The van der Waals surface area contributed by atoms with E-state index in [9.17, 15) is 4.79 Å². The highest BCUT2D eigenvalue weighted by atomic mass is 16.1. The molecule has 0 bridgehead atoms. The number of aryl methyl sites for hydroxylation is 1. The Bertz CT molecular complexity index is 577. The summed E-state index contributed by atoms with van der Waals surface area (Å²) in [5, 5.41) is 0.880. The van der Waals surface area contributed by atoms with Gasteiger partial charge < -0.3 is 5.73 Å². The first-order valence-electron chi connectivity index (χ1n) is 4.75. The molecule has 5 heteroatoms. The van der Waals surface area contributed by atoms with Crippen LogP contribution in [0.1, 0.15) is 5.69 Å². The number of hydrogen-bond donors (Lipinski definition) is 1. The van der Waals surface area contributed by atoms with Crippen molar-refractivity contribution in [1.82, 2.24) is 9.97 Å². The highest BCUT2D eigenvalue weighted by Gasteiger charge is 2.10. The third kappa shape index (κ3) is 1.88. The van der Waals surface area contributed by atoms with Crippen molar-refractivity contribution in [1.29, 1.82) is 0 Å². The summed E-state index contributed by atoms with van der Waals surface area (Å²) < 4.78 is 1.81. The van der Waals surface area contributed by atoms with Crippen LogP contribution < -0.4 is 10.3 Å². The van der Waals surface area contributed by atoms with E-state index in [4.69, 9.17) is 5.73 Å². The van der Waals surface area contributed by atoms with Crippen molar-refractivity contribution in [3.63, 3.8) is 0 Å². The second-order valence-electron chi connectivity index (χ2n) is 3.35. The maximum atomic E-state index is 10.7. The van der Waals surface area contributed by atoms with Crippen LogP contribution in [0.4, 0.5) is 0 Å². The molecule has 16 heavy (non-hydrogen) atoms. The van der Waals surface area contributed by atoms with Gasteiger partial charge in [-0.3, -0.25) is 4.79 Å². The van der Waals surface area contributed by atoms with Crippen LogP contribution in [0.15, 0.2) is 30.7 Å². The molecular formula is C11H11N4O+. The molecule has 2 aromatic rings. The number of nitrogens with zero attached hydrogens (tertiary/aromatic N) is 3. The van der Waals surface area contributed by atoms with E-state index in [1.54, 1.807) is 18.6 Å². The summed E-state index contributed by atoms with van der Waals surface area (Å²) in [6.45, 7) is 0. The van der Waals surface area contributed by atoms with Crippen LogP contribution in [0.25, 0.3) is 17.1 Å². The van der Waals surface area contributed by atoms with Gasteiger partial charge in [-0.25, -0.2) is 9.55 Å². The van der Waals surface area contributed by atoms with Crippen molar-refractivity contribution in [2.75, 3.05) is 0 Å². The van der Waals surface area contributed by atoms with Gasteiger partial charge in [0.25, 0.3) is 12.0 Å². The number of fused-ring (bicyclic) bond motifs is 1. The number of carbonyl (C=O) groups is 1. The van der Waals surface area contributed by atoms with Crippen molar-refractivity contribution in [2.45, 2.75) is 0 Å². The molecule has 2 N–H and O–H groups in total. The van der Waals surface area contributed by atoms with Gasteiger partial charge >= 0.3 is 0 Å². The summed E-state index contributed by atoms with van der Waals surface area (Å²) in [6, 6.07) is 3.72. The minimum Gasteiger partial charge on any atom is -0.366 e. The molecule has 0 aliphatic carbocycles. The standard InChI is InChI=1S/C11H10N4O/c1-15-7-14-11-8(3-2-6-13-11)9(15)4-5-10(12)16/h2-7H,1H3,(H-,12,16)/p+1/b5-4+. The van der Waals surface area contributed by atoms with Crippen LogP contribution >= 0.6 is 0 Å². The van der Waals surface area contributed by atoms with Crippen LogP contribution in [0.3, 0.4) is 0 Å². The Kier molecular flexibility index (Phi) is 2.59. The van der Waals surface area contributed by atoms with Gasteiger partial charge in [0.15, 0.2) is 0 Å². The van der Waals surface area contributed by atoms with E-state index in [2.05, 4.69) is 9.97 Å². The Morgan fingerprint density at radius 1 is 1.50 bits per heavy atom. The van der Waals surface area contributed by atoms with Crippen molar-refractivity contribution in [3.05, 3.63) is 36.4 Å². The number of primary amides is 1. The topological polar surface area (TPSA) is 72.8 Å². The molecular weight excluding hydrogens is 204 g/mol. The molecule has 1 amide bonds. The lowest BCUT2D eigenvalue weighted by Crippen LogP contribution is -2.32. The molecule has 0 atom stereocenters. The van der Waals surface area contributed by atoms with Crippen LogP contribution in [0, 0.1) is 0 Å². The fraction of sp³-hybridized carbons (Fsp3) is 0.0909. The molecule has 0 spiro atoms. The predicted octanol–water partition coefficient (Wildman–Crippen LogP) is -0.0472. The van der Waals surface area contributed by atoms with Crippen LogP contribution in [0.5, 0.6) is 0 Å². The molecule has 0 saturated carbocycles. The van der Waals surface area contributed by atoms with E-state index < -0.39 is 5.91 Å². The van der Waals surface area contributed by atoms with Gasteiger partial charge in [0, 0.05) is 12.3 Å². The average Bonchev–Trinajstić information content (AvgIpc) is 2.27. The molecule has 2 rings (SSSR count). The minimum absolute atomic E-state index is 0.478. The molecule has 80 valence electrons. The summed E-state index contributed by atoms with van der Waals surface area (Å²) in [7, 11) is 1.85. The van der Waals surface area contributed by atoms with Gasteiger partial charge in [-0.1, -0.05) is 0 Å². The fourth-order valence-corrected chi connectivity index (χ4v) is 1.46. The molecule has 0 radical (unpaired) electrons. The van der Waals surface area contributed by atoms with E-state index >= 15 is 0 Å². The zero-order chi connectivity index (χ0) is 11.5. The Balaban J connectivity index is 2.66. The second kappa shape index (κ2) is 4.06. The molecule has 0 saturated heterocycles. The zero-order valence-corrected chi connectivity index (χ0v) is 8.79. The molecule has 2 aromatic heterocycles. The first kappa shape index (κ1) is 10.2. The van der Waals surface area contributed by atoms with Gasteiger partial charge in [0.1, 0.15) is 5.69 Å². The van der Waals surface area contributed by atoms with E-state index in [-0.39, 0.29) is 0 Å². The Labute approximate surface area is 92.3 Å². The maximum Gasteiger partial charge on any atom is 0.289 e. The maximum absolute atomic E-state index is 10.7. The molecule has 0 fully saturated rings. The Morgan fingerprint density at radius 2 is 2.31 bits per heavy atom. The van der Waals surface area contributed by atoms with Gasteiger partial charge in [-0.15, -0.1) is 0 Å².